The largest absolute Gasteiger partial charge is 0.394 e. The van der Waals surface area contributed by atoms with Crippen LogP contribution in [0, 0.1) is 0 Å². The van der Waals surface area contributed by atoms with Gasteiger partial charge in [0.25, 0.3) is 0 Å². The molecule has 0 heterocycles. The maximum Gasteiger partial charge on any atom is 0.0779 e. The number of rotatable bonds is 11. The Hall–Kier alpha value is -0.280. The second-order valence-electron chi connectivity index (χ2n) is 3.85. The van der Waals surface area contributed by atoms with Crippen LogP contribution in [0.2, 0.25) is 0 Å². The molecule has 118 valence electrons. The number of hydrogen-bond acceptors (Lipinski definition) is 7. The van der Waals surface area contributed by atoms with Crippen molar-refractivity contribution in [2.45, 2.75) is 26.1 Å². The molecule has 19 heavy (non-hydrogen) atoms. The first-order chi connectivity index (χ1) is 9.08. The van der Waals surface area contributed by atoms with Gasteiger partial charge in [-0.05, 0) is 13.8 Å². The SMILES string of the molecule is CC(O)COC(C)CO.OCCOCCOCCO. The fourth-order valence-electron chi connectivity index (χ4n) is 0.807. The molecule has 0 radical (unpaired) electrons. The van der Waals surface area contributed by atoms with Crippen LogP contribution < -0.4 is 0 Å². The maximum atomic E-state index is 8.69. The Kier molecular flexibility index (Phi) is 19.6. The van der Waals surface area contributed by atoms with Crippen LogP contribution in [0.1, 0.15) is 13.8 Å². The van der Waals surface area contributed by atoms with Crippen molar-refractivity contribution in [3.63, 3.8) is 0 Å². The fourth-order valence-corrected chi connectivity index (χ4v) is 0.807. The summed E-state index contributed by atoms with van der Waals surface area (Å²) in [5.74, 6) is 0. The van der Waals surface area contributed by atoms with Crippen LogP contribution >= 0.6 is 0 Å². The van der Waals surface area contributed by atoms with E-state index in [1.165, 1.54) is 0 Å². The predicted molar refractivity (Wildman–Crippen MR) is 70.0 cm³/mol. The second kappa shape index (κ2) is 17.7. The standard InChI is InChI=1S/C6H14O4.C6H14O3/c7-1-3-9-5-6-10-4-2-8;1-5(8)4-9-6(2)3-7/h7-8H,1-6H2;5-8H,3-4H2,1-2H3. The van der Waals surface area contributed by atoms with Gasteiger partial charge in [0.15, 0.2) is 0 Å². The molecule has 0 aromatic heterocycles. The van der Waals surface area contributed by atoms with Gasteiger partial charge >= 0.3 is 0 Å². The van der Waals surface area contributed by atoms with Crippen molar-refractivity contribution in [3.05, 3.63) is 0 Å². The summed E-state index contributed by atoms with van der Waals surface area (Å²) >= 11 is 0. The first-order valence-corrected chi connectivity index (χ1v) is 6.36. The minimum Gasteiger partial charge on any atom is -0.394 e. The van der Waals surface area contributed by atoms with E-state index in [1.807, 2.05) is 0 Å². The normalized spacial score (nSPS) is 13.6. The highest BCUT2D eigenvalue weighted by atomic mass is 16.5. The Morgan fingerprint density at radius 1 is 0.842 bits per heavy atom. The lowest BCUT2D eigenvalue weighted by molar-refractivity contribution is -0.0177. The molecule has 0 aliphatic carbocycles. The molecule has 4 N–H and O–H groups in total. The Labute approximate surface area is 114 Å². The van der Waals surface area contributed by atoms with E-state index in [0.29, 0.717) is 33.0 Å². The van der Waals surface area contributed by atoms with Gasteiger partial charge in [0.1, 0.15) is 0 Å². The molecule has 0 aliphatic heterocycles. The molecule has 0 saturated carbocycles. The Balaban J connectivity index is 0. The summed E-state index contributed by atoms with van der Waals surface area (Å²) in [6.45, 7) is 5.42. The third kappa shape index (κ3) is 23.3. The van der Waals surface area contributed by atoms with E-state index < -0.39 is 6.10 Å². The van der Waals surface area contributed by atoms with Crippen LogP contribution in [-0.2, 0) is 14.2 Å². The highest BCUT2D eigenvalue weighted by Crippen LogP contribution is 1.90. The van der Waals surface area contributed by atoms with E-state index in [9.17, 15) is 0 Å². The minimum atomic E-state index is -0.445. The van der Waals surface area contributed by atoms with Crippen LogP contribution in [0.15, 0.2) is 0 Å². The van der Waals surface area contributed by atoms with E-state index >= 15 is 0 Å². The van der Waals surface area contributed by atoms with Gasteiger partial charge in [-0.3, -0.25) is 0 Å². The van der Waals surface area contributed by atoms with Gasteiger partial charge in [-0.2, -0.15) is 0 Å². The van der Waals surface area contributed by atoms with Crippen molar-refractivity contribution < 1.29 is 34.6 Å². The summed E-state index contributed by atoms with van der Waals surface area (Å²) in [5.41, 5.74) is 0. The van der Waals surface area contributed by atoms with Crippen LogP contribution in [0.25, 0.3) is 0 Å². The van der Waals surface area contributed by atoms with E-state index in [4.69, 9.17) is 34.6 Å². The molecule has 0 spiro atoms. The second-order valence-corrected chi connectivity index (χ2v) is 3.85. The minimum absolute atomic E-state index is 0.00667. The summed E-state index contributed by atoms with van der Waals surface area (Å²) < 4.78 is 14.7. The molecule has 0 bridgehead atoms. The van der Waals surface area contributed by atoms with Gasteiger partial charge in [-0.15, -0.1) is 0 Å². The van der Waals surface area contributed by atoms with Gasteiger partial charge in [-0.1, -0.05) is 0 Å². The number of ether oxygens (including phenoxy) is 3. The highest BCUT2D eigenvalue weighted by Gasteiger charge is 2.00. The third-order valence-electron chi connectivity index (χ3n) is 1.72. The number of aliphatic hydroxyl groups is 4. The van der Waals surface area contributed by atoms with E-state index in [0.717, 1.165) is 0 Å². The van der Waals surface area contributed by atoms with Crippen molar-refractivity contribution >= 4 is 0 Å². The molecule has 2 atom stereocenters. The molecule has 7 nitrogen and oxygen atoms in total. The van der Waals surface area contributed by atoms with Gasteiger partial charge < -0.3 is 34.6 Å². The monoisotopic (exact) mass is 284 g/mol. The molecule has 0 fully saturated rings. The summed E-state index contributed by atoms with van der Waals surface area (Å²) in [6.07, 6.45) is -0.612. The molecule has 0 saturated heterocycles. The Bertz CT molecular complexity index is 147. The topological polar surface area (TPSA) is 109 Å². The maximum absolute atomic E-state index is 8.69. The van der Waals surface area contributed by atoms with Crippen LogP contribution in [0.4, 0.5) is 0 Å². The van der Waals surface area contributed by atoms with Gasteiger partial charge in [0.2, 0.25) is 0 Å². The molecule has 7 heteroatoms. The van der Waals surface area contributed by atoms with Gasteiger partial charge in [0, 0.05) is 0 Å². The van der Waals surface area contributed by atoms with E-state index in [2.05, 4.69) is 0 Å². The van der Waals surface area contributed by atoms with Gasteiger partial charge in [0.05, 0.1) is 65.1 Å². The smallest absolute Gasteiger partial charge is 0.0779 e. The molecule has 2 unspecified atom stereocenters. The summed E-state index contributed by atoms with van der Waals surface area (Å²) in [7, 11) is 0. The molecule has 0 amide bonds. The zero-order chi connectivity index (χ0) is 14.9. The van der Waals surface area contributed by atoms with Crippen molar-refractivity contribution in [3.8, 4) is 0 Å². The lowest BCUT2D eigenvalue weighted by atomic mass is 10.4. The summed E-state index contributed by atoms with van der Waals surface area (Å²) in [4.78, 5) is 0. The highest BCUT2D eigenvalue weighted by molar-refractivity contribution is 4.47. The number of hydrogen-bond donors (Lipinski definition) is 4. The lowest BCUT2D eigenvalue weighted by Crippen LogP contribution is -2.19. The molecule has 0 aliphatic rings. The van der Waals surface area contributed by atoms with Crippen molar-refractivity contribution in [1.82, 2.24) is 0 Å². The van der Waals surface area contributed by atoms with Gasteiger partial charge in [-0.25, -0.2) is 0 Å². The zero-order valence-corrected chi connectivity index (χ0v) is 11.8. The molecular formula is C12H28O7. The quantitative estimate of drug-likeness (QED) is 0.352. The summed E-state index contributed by atoms with van der Waals surface area (Å²) in [6, 6.07) is 0. The lowest BCUT2D eigenvalue weighted by Gasteiger charge is -2.10. The molecule has 0 aromatic rings. The van der Waals surface area contributed by atoms with E-state index in [-0.39, 0.29) is 25.9 Å². The third-order valence-corrected chi connectivity index (χ3v) is 1.72. The van der Waals surface area contributed by atoms with Crippen LogP contribution in [0.5, 0.6) is 0 Å². The number of aliphatic hydroxyl groups excluding tert-OH is 4. The first kappa shape index (κ1) is 21.0. The first-order valence-electron chi connectivity index (χ1n) is 6.36. The Morgan fingerprint density at radius 3 is 1.63 bits per heavy atom. The zero-order valence-electron chi connectivity index (χ0n) is 11.8. The van der Waals surface area contributed by atoms with Crippen LogP contribution in [0.3, 0.4) is 0 Å². The Morgan fingerprint density at radius 2 is 1.32 bits per heavy atom. The average Bonchev–Trinajstić information content (AvgIpc) is 2.40. The van der Waals surface area contributed by atoms with Crippen LogP contribution in [-0.4, -0.2) is 85.5 Å². The van der Waals surface area contributed by atoms with Crippen molar-refractivity contribution in [2.75, 3.05) is 52.9 Å². The average molecular weight is 284 g/mol. The fraction of sp³-hybridized carbons (Fsp3) is 1.00. The predicted octanol–water partition coefficient (Wildman–Crippen LogP) is -1.23. The van der Waals surface area contributed by atoms with E-state index in [1.54, 1.807) is 13.8 Å². The van der Waals surface area contributed by atoms with Crippen molar-refractivity contribution in [2.24, 2.45) is 0 Å². The van der Waals surface area contributed by atoms with Crippen molar-refractivity contribution in [1.29, 1.82) is 0 Å². The molecule has 0 rings (SSSR count). The summed E-state index contributed by atoms with van der Waals surface area (Å²) in [5, 5.41) is 33.7. The molecule has 0 aromatic carbocycles. The molecular weight excluding hydrogens is 256 g/mol.